The lowest BCUT2D eigenvalue weighted by Gasteiger charge is -2.31. The van der Waals surface area contributed by atoms with Crippen LogP contribution in [0, 0.1) is 11.8 Å². The van der Waals surface area contributed by atoms with Crippen molar-refractivity contribution in [3.05, 3.63) is 5.53 Å². The molecule has 2 saturated carbocycles. The van der Waals surface area contributed by atoms with Crippen molar-refractivity contribution >= 4 is 17.3 Å². The number of Topliss-reactive ketones (excluding diaryl/α,β-unsaturated/α-hetero) is 2. The van der Waals surface area contributed by atoms with E-state index in [1.807, 2.05) is 0 Å². The van der Waals surface area contributed by atoms with Crippen LogP contribution >= 0.6 is 0 Å². The zero-order chi connectivity index (χ0) is 10.1. The zero-order valence-electron chi connectivity index (χ0n) is 7.90. The van der Waals surface area contributed by atoms with Gasteiger partial charge in [0.1, 0.15) is 0 Å². The van der Waals surface area contributed by atoms with Crippen molar-refractivity contribution < 1.29 is 14.4 Å². The second kappa shape index (κ2) is 3.46. The normalized spacial score (nSPS) is 32.4. The summed E-state index contributed by atoms with van der Waals surface area (Å²) in [4.78, 5) is 25.9. The summed E-state index contributed by atoms with van der Waals surface area (Å²) in [5, 5.41) is 0. The van der Waals surface area contributed by atoms with Crippen molar-refractivity contribution in [1.82, 2.24) is 0 Å². The molecule has 2 fully saturated rings. The number of nitrogens with zero attached hydrogens (tertiary/aromatic N) is 2. The van der Waals surface area contributed by atoms with Crippen LogP contribution in [-0.4, -0.2) is 22.1 Å². The third-order valence-corrected chi connectivity index (χ3v) is 3.29. The fraction of sp³-hybridized carbons (Fsp3) is 0.700. The highest BCUT2D eigenvalue weighted by Crippen LogP contribution is 2.36. The Kier molecular flexibility index (Phi) is 2.30. The number of fused-ring (bicyclic) bond motifs is 1. The highest BCUT2D eigenvalue weighted by Gasteiger charge is 2.46. The van der Waals surface area contributed by atoms with Crippen molar-refractivity contribution in [2.45, 2.75) is 32.1 Å². The Morgan fingerprint density at radius 2 is 1.93 bits per heavy atom. The molecule has 2 aliphatic rings. The summed E-state index contributed by atoms with van der Waals surface area (Å²) in [6, 6.07) is 0. The summed E-state index contributed by atoms with van der Waals surface area (Å²) in [7, 11) is 0. The number of rotatable bonds is 0. The van der Waals surface area contributed by atoms with Crippen LogP contribution in [0.2, 0.25) is 0 Å². The molecule has 0 spiro atoms. The number of hydrogen-bond donors (Lipinski definition) is 0. The van der Waals surface area contributed by atoms with Crippen LogP contribution in [0.25, 0.3) is 5.53 Å². The van der Waals surface area contributed by atoms with E-state index in [4.69, 9.17) is 5.53 Å². The van der Waals surface area contributed by atoms with Crippen LogP contribution in [0.15, 0.2) is 0 Å². The molecule has 2 rings (SSSR count). The average Bonchev–Trinajstić information content (AvgIpc) is 2.18. The van der Waals surface area contributed by atoms with Crippen LogP contribution in [0.4, 0.5) is 0 Å². The first-order chi connectivity index (χ1) is 6.74. The molecule has 0 heterocycles. The van der Waals surface area contributed by atoms with Crippen molar-refractivity contribution in [2.24, 2.45) is 11.8 Å². The Labute approximate surface area is 81.9 Å². The lowest BCUT2D eigenvalue weighted by atomic mass is 9.69. The number of carbonyl (C=O) groups is 2. The summed E-state index contributed by atoms with van der Waals surface area (Å²) in [6.45, 7) is 0. The fourth-order valence-electron chi connectivity index (χ4n) is 2.55. The van der Waals surface area contributed by atoms with E-state index < -0.39 is 0 Å². The smallest absolute Gasteiger partial charge is 0.360 e. The molecule has 0 N–H and O–H groups in total. The van der Waals surface area contributed by atoms with Crippen LogP contribution in [0.1, 0.15) is 32.1 Å². The molecule has 0 saturated heterocycles. The number of carbonyl (C=O) groups excluding carboxylic acids is 2. The van der Waals surface area contributed by atoms with Gasteiger partial charge in [-0.2, -0.15) is 4.79 Å². The van der Waals surface area contributed by atoms with Crippen molar-refractivity contribution in [1.29, 1.82) is 0 Å². The van der Waals surface area contributed by atoms with Gasteiger partial charge in [0.05, 0.1) is 0 Å². The first kappa shape index (κ1) is 9.28. The molecule has 4 heteroatoms. The molecule has 0 amide bonds. The fourth-order valence-corrected chi connectivity index (χ4v) is 2.55. The van der Waals surface area contributed by atoms with E-state index in [0.717, 1.165) is 25.7 Å². The number of ketones is 2. The minimum Gasteiger partial charge on any atom is -0.360 e. The van der Waals surface area contributed by atoms with Gasteiger partial charge in [-0.3, -0.25) is 9.59 Å². The topological polar surface area (TPSA) is 70.5 Å². The quantitative estimate of drug-likeness (QED) is 0.424. The lowest BCUT2D eigenvalue weighted by Crippen LogP contribution is -2.43. The largest absolute Gasteiger partial charge is 0.400 e. The molecule has 0 aromatic rings. The second-order valence-corrected chi connectivity index (χ2v) is 4.09. The van der Waals surface area contributed by atoms with Gasteiger partial charge in [-0.1, -0.05) is 12.8 Å². The predicted molar refractivity (Wildman–Crippen MR) is 48.7 cm³/mol. The van der Waals surface area contributed by atoms with Crippen LogP contribution in [0.3, 0.4) is 0 Å². The first-order valence-corrected chi connectivity index (χ1v) is 5.03. The maximum absolute atomic E-state index is 11.7. The molecular formula is C10H12N2O2. The highest BCUT2D eigenvalue weighted by molar-refractivity contribution is 6.65. The molecule has 0 aliphatic heterocycles. The monoisotopic (exact) mass is 192 g/mol. The van der Waals surface area contributed by atoms with Crippen LogP contribution in [-0.2, 0) is 9.59 Å². The Bertz CT molecular complexity index is 342. The first-order valence-electron chi connectivity index (χ1n) is 5.03. The van der Waals surface area contributed by atoms with E-state index in [2.05, 4.69) is 4.79 Å². The second-order valence-electron chi connectivity index (χ2n) is 4.09. The third kappa shape index (κ3) is 1.32. The van der Waals surface area contributed by atoms with E-state index in [9.17, 15) is 9.59 Å². The Hall–Kier alpha value is -1.28. The van der Waals surface area contributed by atoms with Crippen LogP contribution < -0.4 is 0 Å². The Balaban J connectivity index is 2.29. The third-order valence-electron chi connectivity index (χ3n) is 3.29. The summed E-state index contributed by atoms with van der Waals surface area (Å²) < 4.78 is 0. The standard InChI is InChI=1S/C10H12N2O2/c11-12-9-8(13)5-6-3-1-2-4-7(6)10(9)14/h6-7H,1-5H2/t6-,7+/m1/s1. The zero-order valence-corrected chi connectivity index (χ0v) is 7.90. The molecule has 14 heavy (non-hydrogen) atoms. The number of hydrogen-bond acceptors (Lipinski definition) is 2. The van der Waals surface area contributed by atoms with E-state index in [0.29, 0.717) is 6.42 Å². The molecule has 0 aromatic carbocycles. The maximum Gasteiger partial charge on any atom is 0.400 e. The summed E-state index contributed by atoms with van der Waals surface area (Å²) in [5.41, 5.74) is 8.34. The van der Waals surface area contributed by atoms with Gasteiger partial charge < -0.3 is 5.53 Å². The van der Waals surface area contributed by atoms with Crippen LogP contribution in [0.5, 0.6) is 0 Å². The van der Waals surface area contributed by atoms with Crippen molar-refractivity contribution in [3.63, 3.8) is 0 Å². The minimum absolute atomic E-state index is 0.0626. The van der Waals surface area contributed by atoms with E-state index >= 15 is 0 Å². The molecule has 0 unspecified atom stereocenters. The molecule has 2 atom stereocenters. The SMILES string of the molecule is [N-]=[N+]=C1C(=O)C[C@H]2CCCC[C@@H]2C1=O. The average molecular weight is 192 g/mol. The van der Waals surface area contributed by atoms with E-state index in [-0.39, 0.29) is 29.1 Å². The molecule has 0 bridgehead atoms. The summed E-state index contributed by atoms with van der Waals surface area (Å²) in [6.07, 6.45) is 4.33. The van der Waals surface area contributed by atoms with Crippen molar-refractivity contribution in [2.75, 3.05) is 0 Å². The summed E-state index contributed by atoms with van der Waals surface area (Å²) in [5.74, 6) is -0.393. The maximum atomic E-state index is 11.7. The van der Waals surface area contributed by atoms with Gasteiger partial charge in [0.2, 0.25) is 5.78 Å². The Morgan fingerprint density at radius 1 is 1.21 bits per heavy atom. The molecule has 74 valence electrons. The molecule has 4 nitrogen and oxygen atoms in total. The predicted octanol–water partition coefficient (Wildman–Crippen LogP) is 1.01. The van der Waals surface area contributed by atoms with E-state index in [1.54, 1.807) is 0 Å². The summed E-state index contributed by atoms with van der Waals surface area (Å²) >= 11 is 0. The minimum atomic E-state index is -0.291. The molecule has 2 aliphatic carbocycles. The van der Waals surface area contributed by atoms with E-state index in [1.165, 1.54) is 0 Å². The van der Waals surface area contributed by atoms with Gasteiger partial charge in [-0.15, -0.1) is 0 Å². The van der Waals surface area contributed by atoms with Crippen molar-refractivity contribution in [3.8, 4) is 0 Å². The van der Waals surface area contributed by atoms with Gasteiger partial charge >= 0.3 is 5.71 Å². The van der Waals surface area contributed by atoms with Gasteiger partial charge in [-0.05, 0) is 18.8 Å². The molecule has 0 radical (unpaired) electrons. The highest BCUT2D eigenvalue weighted by atomic mass is 16.2. The van der Waals surface area contributed by atoms with Gasteiger partial charge in [0, 0.05) is 12.3 Å². The van der Waals surface area contributed by atoms with Gasteiger partial charge in [-0.25, -0.2) is 0 Å². The molecular weight excluding hydrogens is 180 g/mol. The molecule has 0 aromatic heterocycles. The Morgan fingerprint density at radius 3 is 2.64 bits per heavy atom. The lowest BCUT2D eigenvalue weighted by molar-refractivity contribution is -0.132. The van der Waals surface area contributed by atoms with Gasteiger partial charge in [0.15, 0.2) is 0 Å². The van der Waals surface area contributed by atoms with Gasteiger partial charge in [0.25, 0.3) is 5.78 Å².